The van der Waals surface area contributed by atoms with Gasteiger partial charge >= 0.3 is 0 Å². The summed E-state index contributed by atoms with van der Waals surface area (Å²) in [4.78, 5) is 15.0. The standard InChI is InChI=1S/C16H22N6.HI/c1-17-16(19-11-13-7-4-5-10-18-13)20-12-14-8-6-9-15(21-14)22(2)3;/h4-10H,11-12H2,1-3H3,(H2,17,19,20);1H. The first kappa shape index (κ1) is 19.1. The zero-order valence-electron chi connectivity index (χ0n) is 13.7. The number of nitrogens with one attached hydrogen (secondary N) is 2. The molecule has 2 heterocycles. The fourth-order valence-corrected chi connectivity index (χ4v) is 1.89. The highest BCUT2D eigenvalue weighted by molar-refractivity contribution is 14.0. The van der Waals surface area contributed by atoms with Crippen molar-refractivity contribution in [1.29, 1.82) is 0 Å². The van der Waals surface area contributed by atoms with Crippen LogP contribution < -0.4 is 15.5 Å². The molecule has 7 heteroatoms. The zero-order chi connectivity index (χ0) is 15.8. The number of hydrogen-bond acceptors (Lipinski definition) is 4. The Morgan fingerprint density at radius 1 is 1.04 bits per heavy atom. The predicted molar refractivity (Wildman–Crippen MR) is 105 cm³/mol. The average molecular weight is 426 g/mol. The third-order valence-corrected chi connectivity index (χ3v) is 3.07. The Bertz CT molecular complexity index is 615. The molecule has 0 spiro atoms. The van der Waals surface area contributed by atoms with E-state index in [1.807, 2.05) is 55.4 Å². The van der Waals surface area contributed by atoms with E-state index in [9.17, 15) is 0 Å². The third-order valence-electron chi connectivity index (χ3n) is 3.07. The summed E-state index contributed by atoms with van der Waals surface area (Å²) >= 11 is 0. The molecule has 0 fully saturated rings. The normalized spacial score (nSPS) is 10.7. The number of aliphatic imine (C=N–C) groups is 1. The SMILES string of the molecule is CN=C(NCc1ccccn1)NCc1cccc(N(C)C)n1.I. The van der Waals surface area contributed by atoms with Gasteiger partial charge < -0.3 is 15.5 Å². The minimum Gasteiger partial charge on any atom is -0.363 e. The van der Waals surface area contributed by atoms with Crippen LogP contribution in [0.1, 0.15) is 11.4 Å². The van der Waals surface area contributed by atoms with Gasteiger partial charge in [0, 0.05) is 27.3 Å². The molecule has 0 aromatic carbocycles. The predicted octanol–water partition coefficient (Wildman–Crippen LogP) is 2.03. The van der Waals surface area contributed by atoms with Crippen molar-refractivity contribution >= 4 is 35.8 Å². The first-order valence-electron chi connectivity index (χ1n) is 7.16. The average Bonchev–Trinajstić information content (AvgIpc) is 2.56. The molecule has 0 bridgehead atoms. The molecule has 0 saturated heterocycles. The number of rotatable bonds is 5. The molecule has 2 aromatic rings. The zero-order valence-corrected chi connectivity index (χ0v) is 16.0. The molecule has 0 atom stereocenters. The molecule has 2 rings (SSSR count). The number of aromatic nitrogens is 2. The molecule has 2 N–H and O–H groups in total. The molecule has 0 aliphatic rings. The lowest BCUT2D eigenvalue weighted by Gasteiger charge is -2.14. The fourth-order valence-electron chi connectivity index (χ4n) is 1.89. The number of nitrogens with zero attached hydrogens (tertiary/aromatic N) is 4. The molecule has 0 saturated carbocycles. The van der Waals surface area contributed by atoms with E-state index in [1.165, 1.54) is 0 Å². The van der Waals surface area contributed by atoms with Gasteiger partial charge in [0.25, 0.3) is 0 Å². The summed E-state index contributed by atoms with van der Waals surface area (Å²) in [6.45, 7) is 1.25. The maximum Gasteiger partial charge on any atom is 0.191 e. The number of hydrogen-bond donors (Lipinski definition) is 2. The largest absolute Gasteiger partial charge is 0.363 e. The smallest absolute Gasteiger partial charge is 0.191 e. The molecular formula is C16H23IN6. The molecule has 0 aliphatic heterocycles. The van der Waals surface area contributed by atoms with Gasteiger partial charge in [-0.05, 0) is 24.3 Å². The van der Waals surface area contributed by atoms with E-state index in [0.29, 0.717) is 13.1 Å². The lowest BCUT2D eigenvalue weighted by atomic mass is 10.3. The summed E-state index contributed by atoms with van der Waals surface area (Å²) in [6.07, 6.45) is 1.78. The molecule has 2 aromatic heterocycles. The van der Waals surface area contributed by atoms with Crippen molar-refractivity contribution in [3.05, 3.63) is 54.0 Å². The van der Waals surface area contributed by atoms with Crippen LogP contribution in [-0.2, 0) is 13.1 Å². The van der Waals surface area contributed by atoms with Crippen molar-refractivity contribution < 1.29 is 0 Å². The van der Waals surface area contributed by atoms with Crippen LogP contribution in [0.5, 0.6) is 0 Å². The van der Waals surface area contributed by atoms with Gasteiger partial charge in [-0.3, -0.25) is 9.98 Å². The number of guanidine groups is 1. The molecular weight excluding hydrogens is 403 g/mol. The van der Waals surface area contributed by atoms with Crippen LogP contribution in [0, 0.1) is 0 Å². The third kappa shape index (κ3) is 6.39. The number of anilines is 1. The van der Waals surface area contributed by atoms with Gasteiger partial charge in [0.1, 0.15) is 5.82 Å². The number of pyridine rings is 2. The van der Waals surface area contributed by atoms with E-state index in [0.717, 1.165) is 23.2 Å². The molecule has 0 radical (unpaired) electrons. The summed E-state index contributed by atoms with van der Waals surface area (Å²) in [5.41, 5.74) is 1.94. The van der Waals surface area contributed by atoms with E-state index < -0.39 is 0 Å². The van der Waals surface area contributed by atoms with Crippen LogP contribution in [0.4, 0.5) is 5.82 Å². The van der Waals surface area contributed by atoms with Crippen LogP contribution in [0.25, 0.3) is 0 Å². The first-order chi connectivity index (χ1) is 10.7. The minimum absolute atomic E-state index is 0. The Hall–Kier alpha value is -1.90. The Balaban J connectivity index is 0.00000264. The van der Waals surface area contributed by atoms with Crippen molar-refractivity contribution in [2.45, 2.75) is 13.1 Å². The van der Waals surface area contributed by atoms with Crippen LogP contribution in [-0.4, -0.2) is 37.1 Å². The highest BCUT2D eigenvalue weighted by Crippen LogP contribution is 2.07. The summed E-state index contributed by atoms with van der Waals surface area (Å²) in [5, 5.41) is 6.48. The molecule has 0 aliphatic carbocycles. The minimum atomic E-state index is 0. The van der Waals surface area contributed by atoms with Crippen LogP contribution >= 0.6 is 24.0 Å². The lowest BCUT2D eigenvalue weighted by molar-refractivity contribution is 0.781. The second-order valence-corrected chi connectivity index (χ2v) is 4.98. The van der Waals surface area contributed by atoms with Gasteiger partial charge in [-0.2, -0.15) is 0 Å². The van der Waals surface area contributed by atoms with E-state index in [4.69, 9.17) is 0 Å². The Morgan fingerprint density at radius 3 is 2.35 bits per heavy atom. The quantitative estimate of drug-likeness (QED) is 0.435. The second kappa shape index (κ2) is 9.98. The van der Waals surface area contributed by atoms with Crippen LogP contribution in [0.15, 0.2) is 47.6 Å². The Labute approximate surface area is 154 Å². The Kier molecular flexibility index (Phi) is 8.31. The van der Waals surface area contributed by atoms with Crippen molar-refractivity contribution in [2.24, 2.45) is 4.99 Å². The fraction of sp³-hybridized carbons (Fsp3) is 0.312. The number of halogens is 1. The van der Waals surface area contributed by atoms with Gasteiger partial charge in [0.2, 0.25) is 0 Å². The first-order valence-corrected chi connectivity index (χ1v) is 7.16. The van der Waals surface area contributed by atoms with Crippen molar-refractivity contribution in [2.75, 3.05) is 26.0 Å². The maximum atomic E-state index is 4.57. The lowest BCUT2D eigenvalue weighted by Crippen LogP contribution is -2.36. The summed E-state index contributed by atoms with van der Waals surface area (Å²) in [5.74, 6) is 1.67. The summed E-state index contributed by atoms with van der Waals surface area (Å²) in [7, 11) is 5.71. The van der Waals surface area contributed by atoms with Gasteiger partial charge in [0.05, 0.1) is 24.5 Å². The summed E-state index contributed by atoms with van der Waals surface area (Å²) in [6, 6.07) is 11.8. The van der Waals surface area contributed by atoms with Gasteiger partial charge in [-0.25, -0.2) is 4.98 Å². The van der Waals surface area contributed by atoms with Gasteiger partial charge in [0.15, 0.2) is 5.96 Å². The van der Waals surface area contributed by atoms with E-state index in [2.05, 4.69) is 25.6 Å². The molecule has 124 valence electrons. The molecule has 6 nitrogen and oxygen atoms in total. The monoisotopic (exact) mass is 426 g/mol. The van der Waals surface area contributed by atoms with Gasteiger partial charge in [-0.15, -0.1) is 24.0 Å². The summed E-state index contributed by atoms with van der Waals surface area (Å²) < 4.78 is 0. The molecule has 0 unspecified atom stereocenters. The molecule has 0 amide bonds. The van der Waals surface area contributed by atoms with Crippen molar-refractivity contribution in [3.63, 3.8) is 0 Å². The topological polar surface area (TPSA) is 65.4 Å². The van der Waals surface area contributed by atoms with Crippen molar-refractivity contribution in [3.8, 4) is 0 Å². The second-order valence-electron chi connectivity index (χ2n) is 4.98. The highest BCUT2D eigenvalue weighted by atomic mass is 127. The van der Waals surface area contributed by atoms with Crippen LogP contribution in [0.3, 0.4) is 0 Å². The van der Waals surface area contributed by atoms with Crippen molar-refractivity contribution in [1.82, 2.24) is 20.6 Å². The maximum absolute atomic E-state index is 4.57. The Morgan fingerprint density at radius 2 is 1.74 bits per heavy atom. The van der Waals surface area contributed by atoms with Crippen LogP contribution in [0.2, 0.25) is 0 Å². The molecule has 23 heavy (non-hydrogen) atoms. The van der Waals surface area contributed by atoms with Gasteiger partial charge in [-0.1, -0.05) is 12.1 Å². The highest BCUT2D eigenvalue weighted by Gasteiger charge is 2.02. The van der Waals surface area contributed by atoms with E-state index >= 15 is 0 Å². The van der Waals surface area contributed by atoms with E-state index in [1.54, 1.807) is 13.2 Å². The van der Waals surface area contributed by atoms with E-state index in [-0.39, 0.29) is 24.0 Å².